The van der Waals surface area contributed by atoms with Crippen molar-refractivity contribution in [2.24, 2.45) is 0 Å². The fourth-order valence-electron chi connectivity index (χ4n) is 2.19. The molecule has 0 spiro atoms. The summed E-state index contributed by atoms with van der Waals surface area (Å²) in [6, 6.07) is 15.6. The summed E-state index contributed by atoms with van der Waals surface area (Å²) in [6.45, 7) is 4.41. The number of hydrogen-bond acceptors (Lipinski definition) is 1. The van der Waals surface area contributed by atoms with Gasteiger partial charge < -0.3 is 10.6 Å². The van der Waals surface area contributed by atoms with E-state index in [2.05, 4.69) is 5.32 Å². The zero-order valence-corrected chi connectivity index (χ0v) is 13.0. The molecular weight excluding hydrogens is 284 g/mol. The second-order valence-electron chi connectivity index (χ2n) is 5.17. The van der Waals surface area contributed by atoms with Gasteiger partial charge in [-0.2, -0.15) is 0 Å². The van der Waals surface area contributed by atoms with Crippen molar-refractivity contribution in [1.29, 1.82) is 0 Å². The van der Waals surface area contributed by atoms with Crippen LogP contribution in [0.15, 0.2) is 48.5 Å². The number of carbonyl (C=O) groups excluding carboxylic acids is 1. The van der Waals surface area contributed by atoms with Crippen molar-refractivity contribution in [3.63, 3.8) is 0 Å². The van der Waals surface area contributed by atoms with E-state index in [0.29, 0.717) is 6.54 Å². The number of amides is 1. The van der Waals surface area contributed by atoms with Crippen LogP contribution in [-0.2, 0) is 4.79 Å². The molecule has 0 radical (unpaired) electrons. The maximum absolute atomic E-state index is 12.0. The van der Waals surface area contributed by atoms with Crippen LogP contribution in [0, 0.1) is 6.92 Å². The predicted molar refractivity (Wildman–Crippen MR) is 86.5 cm³/mol. The monoisotopic (exact) mass is 303 g/mol. The maximum Gasteiger partial charge on any atom is 0.279 e. The van der Waals surface area contributed by atoms with Gasteiger partial charge in [0.05, 0.1) is 0 Å². The van der Waals surface area contributed by atoms with E-state index in [0.717, 1.165) is 21.8 Å². The summed E-state index contributed by atoms with van der Waals surface area (Å²) in [5, 5.41) is 5.62. The lowest BCUT2D eigenvalue weighted by Crippen LogP contribution is -2.86. The first-order valence-corrected chi connectivity index (χ1v) is 7.38. The third kappa shape index (κ3) is 4.59. The lowest BCUT2D eigenvalue weighted by Gasteiger charge is -2.12. The third-order valence-electron chi connectivity index (χ3n) is 3.35. The molecular formula is C17H20ClN2O+. The molecule has 0 aliphatic carbocycles. The Morgan fingerprint density at radius 3 is 2.71 bits per heavy atom. The van der Waals surface area contributed by atoms with E-state index >= 15 is 0 Å². The summed E-state index contributed by atoms with van der Waals surface area (Å²) in [5.74, 6) is -0.0143. The third-order valence-corrected chi connectivity index (χ3v) is 3.70. The molecule has 2 aromatic carbocycles. The number of carbonyl (C=O) groups is 1. The van der Waals surface area contributed by atoms with Crippen LogP contribution in [0.1, 0.15) is 24.1 Å². The summed E-state index contributed by atoms with van der Waals surface area (Å²) in [4.78, 5) is 12.0. The van der Waals surface area contributed by atoms with Crippen molar-refractivity contribution < 1.29 is 10.1 Å². The van der Waals surface area contributed by atoms with Crippen molar-refractivity contribution in [1.82, 2.24) is 0 Å². The molecule has 3 nitrogen and oxygen atoms in total. The van der Waals surface area contributed by atoms with Crippen LogP contribution >= 0.6 is 11.6 Å². The number of rotatable bonds is 5. The zero-order valence-electron chi connectivity index (χ0n) is 12.3. The number of anilines is 1. The molecule has 2 aromatic rings. The van der Waals surface area contributed by atoms with Gasteiger partial charge in [0.25, 0.3) is 5.91 Å². The average molecular weight is 304 g/mol. The molecule has 21 heavy (non-hydrogen) atoms. The topological polar surface area (TPSA) is 45.7 Å². The van der Waals surface area contributed by atoms with E-state index in [9.17, 15) is 4.79 Å². The summed E-state index contributed by atoms with van der Waals surface area (Å²) in [6.07, 6.45) is 0. The average Bonchev–Trinajstić information content (AvgIpc) is 2.45. The van der Waals surface area contributed by atoms with Gasteiger partial charge in [0.2, 0.25) is 0 Å². The molecule has 2 rings (SSSR count). The summed E-state index contributed by atoms with van der Waals surface area (Å²) in [7, 11) is 0. The van der Waals surface area contributed by atoms with E-state index in [1.807, 2.05) is 67.7 Å². The summed E-state index contributed by atoms with van der Waals surface area (Å²) >= 11 is 6.16. The first-order valence-electron chi connectivity index (χ1n) is 7.00. The quantitative estimate of drug-likeness (QED) is 0.876. The second-order valence-corrected chi connectivity index (χ2v) is 5.57. The minimum atomic E-state index is -0.0143. The Morgan fingerprint density at radius 2 is 2.00 bits per heavy atom. The number of benzene rings is 2. The van der Waals surface area contributed by atoms with Crippen LogP contribution in [0.2, 0.25) is 5.02 Å². The van der Waals surface area contributed by atoms with Crippen LogP contribution in [-0.4, -0.2) is 12.5 Å². The normalized spacial score (nSPS) is 12.0. The number of quaternary nitrogens is 1. The van der Waals surface area contributed by atoms with Gasteiger partial charge in [-0.15, -0.1) is 0 Å². The lowest BCUT2D eigenvalue weighted by molar-refractivity contribution is -0.682. The largest absolute Gasteiger partial charge is 0.332 e. The number of aryl methyl sites for hydroxylation is 1. The Labute approximate surface area is 130 Å². The Bertz CT molecular complexity index is 628. The Kier molecular flexibility index (Phi) is 5.37. The standard InChI is InChI=1S/C17H19ClN2O/c1-12-6-5-7-14(10-12)20-17(21)11-19-13(2)15-8-3-4-9-16(15)18/h3-10,13,19H,11H2,1-2H3,(H,20,21)/p+1/t13-/m1/s1. The minimum absolute atomic E-state index is 0.0143. The molecule has 0 saturated heterocycles. The first kappa shape index (κ1) is 15.5. The Morgan fingerprint density at radius 1 is 1.24 bits per heavy atom. The molecule has 0 unspecified atom stereocenters. The Balaban J connectivity index is 1.88. The highest BCUT2D eigenvalue weighted by molar-refractivity contribution is 6.31. The van der Waals surface area contributed by atoms with E-state index in [-0.39, 0.29) is 11.9 Å². The van der Waals surface area contributed by atoms with Gasteiger partial charge in [-0.3, -0.25) is 4.79 Å². The highest BCUT2D eigenvalue weighted by atomic mass is 35.5. The molecule has 0 bridgehead atoms. The molecule has 0 heterocycles. The molecule has 0 saturated carbocycles. The zero-order chi connectivity index (χ0) is 15.2. The number of nitrogens with two attached hydrogens (primary N) is 1. The molecule has 0 aliphatic heterocycles. The highest BCUT2D eigenvalue weighted by Crippen LogP contribution is 2.19. The summed E-state index contributed by atoms with van der Waals surface area (Å²) in [5.41, 5.74) is 3.00. The van der Waals surface area contributed by atoms with Gasteiger partial charge in [-0.05, 0) is 37.6 Å². The van der Waals surface area contributed by atoms with Gasteiger partial charge >= 0.3 is 0 Å². The van der Waals surface area contributed by atoms with Crippen LogP contribution in [0.5, 0.6) is 0 Å². The lowest BCUT2D eigenvalue weighted by atomic mass is 10.1. The van der Waals surface area contributed by atoms with E-state index in [4.69, 9.17) is 11.6 Å². The number of halogens is 1. The first-order chi connectivity index (χ1) is 10.1. The second kappa shape index (κ2) is 7.25. The molecule has 1 atom stereocenters. The van der Waals surface area contributed by atoms with E-state index in [1.165, 1.54) is 0 Å². The van der Waals surface area contributed by atoms with Crippen molar-refractivity contribution in [2.45, 2.75) is 19.9 Å². The Hall–Kier alpha value is -1.84. The SMILES string of the molecule is Cc1cccc(NC(=O)C[NH2+][C@H](C)c2ccccc2Cl)c1. The van der Waals surface area contributed by atoms with Gasteiger partial charge in [0.1, 0.15) is 6.04 Å². The van der Waals surface area contributed by atoms with Crippen LogP contribution in [0.3, 0.4) is 0 Å². The molecule has 0 aromatic heterocycles. The van der Waals surface area contributed by atoms with Gasteiger partial charge in [0.15, 0.2) is 6.54 Å². The van der Waals surface area contributed by atoms with E-state index < -0.39 is 0 Å². The molecule has 0 aliphatic rings. The van der Waals surface area contributed by atoms with Gasteiger partial charge in [-0.25, -0.2) is 0 Å². The van der Waals surface area contributed by atoms with Gasteiger partial charge in [0, 0.05) is 16.3 Å². The van der Waals surface area contributed by atoms with Crippen LogP contribution in [0.4, 0.5) is 5.69 Å². The molecule has 0 fully saturated rings. The van der Waals surface area contributed by atoms with E-state index in [1.54, 1.807) is 0 Å². The highest BCUT2D eigenvalue weighted by Gasteiger charge is 2.14. The maximum atomic E-state index is 12.0. The van der Waals surface area contributed by atoms with Crippen molar-refractivity contribution >= 4 is 23.2 Å². The van der Waals surface area contributed by atoms with Crippen molar-refractivity contribution in [3.05, 3.63) is 64.7 Å². The molecule has 1 amide bonds. The smallest absolute Gasteiger partial charge is 0.279 e. The molecule has 4 heteroatoms. The van der Waals surface area contributed by atoms with Crippen molar-refractivity contribution in [2.75, 3.05) is 11.9 Å². The minimum Gasteiger partial charge on any atom is -0.332 e. The predicted octanol–water partition coefficient (Wildman–Crippen LogP) is 2.91. The fourth-order valence-corrected chi connectivity index (χ4v) is 2.50. The van der Waals surface area contributed by atoms with Crippen LogP contribution < -0.4 is 10.6 Å². The molecule has 110 valence electrons. The summed E-state index contributed by atoms with van der Waals surface area (Å²) < 4.78 is 0. The fraction of sp³-hybridized carbons (Fsp3) is 0.235. The molecule has 3 N–H and O–H groups in total. The van der Waals surface area contributed by atoms with Crippen molar-refractivity contribution in [3.8, 4) is 0 Å². The number of hydrogen-bond donors (Lipinski definition) is 2. The number of nitrogens with one attached hydrogen (secondary N) is 1. The van der Waals surface area contributed by atoms with Gasteiger partial charge in [-0.1, -0.05) is 41.9 Å². The van der Waals surface area contributed by atoms with Crippen LogP contribution in [0.25, 0.3) is 0 Å².